The summed E-state index contributed by atoms with van der Waals surface area (Å²) >= 11 is 0. The fraction of sp³-hybridized carbons (Fsp3) is 0.548. The first-order valence-corrected chi connectivity index (χ1v) is 14.1. The Morgan fingerprint density at radius 3 is 2.22 bits per heavy atom. The van der Waals surface area contributed by atoms with Crippen LogP contribution < -0.4 is 9.64 Å². The van der Waals surface area contributed by atoms with Gasteiger partial charge >= 0.3 is 0 Å². The number of hydrogen-bond donors (Lipinski definition) is 0. The summed E-state index contributed by atoms with van der Waals surface area (Å²) in [4.78, 5) is 32.0. The Morgan fingerprint density at radius 1 is 0.838 bits per heavy atom. The molecule has 1 fully saturated rings. The average Bonchev–Trinajstić information content (AvgIpc) is 2.93. The lowest BCUT2D eigenvalue weighted by atomic mass is 10.0. The van der Waals surface area contributed by atoms with Crippen LogP contribution in [0, 0.1) is 6.92 Å². The number of fused-ring (bicyclic) bond motifs is 1. The number of benzene rings is 2. The van der Waals surface area contributed by atoms with Crippen LogP contribution in [-0.4, -0.2) is 60.4 Å². The van der Waals surface area contributed by atoms with Crippen molar-refractivity contribution in [3.05, 3.63) is 59.7 Å². The highest BCUT2D eigenvalue weighted by atomic mass is 16.5. The largest absolute Gasteiger partial charge is 0.484 e. The quantitative estimate of drug-likeness (QED) is 0.545. The highest BCUT2D eigenvalue weighted by molar-refractivity contribution is 5.92. The molecule has 2 aromatic carbocycles. The van der Waals surface area contributed by atoms with E-state index in [1.54, 1.807) is 6.92 Å². The van der Waals surface area contributed by atoms with E-state index in [-0.39, 0.29) is 18.4 Å². The zero-order valence-corrected chi connectivity index (χ0v) is 22.7. The van der Waals surface area contributed by atoms with Gasteiger partial charge in [0.15, 0.2) is 6.61 Å². The first-order valence-electron chi connectivity index (χ1n) is 14.1. The van der Waals surface area contributed by atoms with Crippen LogP contribution in [0.15, 0.2) is 48.5 Å². The van der Waals surface area contributed by atoms with E-state index in [0.29, 0.717) is 6.04 Å². The van der Waals surface area contributed by atoms with Gasteiger partial charge in [-0.05, 0) is 62.4 Å². The summed E-state index contributed by atoms with van der Waals surface area (Å²) in [7, 11) is 0. The van der Waals surface area contributed by atoms with E-state index in [9.17, 15) is 9.59 Å². The van der Waals surface area contributed by atoms with Gasteiger partial charge in [-0.15, -0.1) is 0 Å². The van der Waals surface area contributed by atoms with Crippen molar-refractivity contribution in [3.63, 3.8) is 0 Å². The van der Waals surface area contributed by atoms with E-state index in [1.807, 2.05) is 47.1 Å². The standard InChI is InChI=1S/C31H43N3O3/c1-25-13-7-10-16-30(25)37-24-31(36)32-21-17-28(18-22-32)33-19-11-5-3-4-6-12-20-34(26(2)35)29-15-9-8-14-27(29)23-33/h7-10,13-16,28H,3-6,11-12,17-24H2,1-2H3. The van der Waals surface area contributed by atoms with Crippen LogP contribution in [0.2, 0.25) is 0 Å². The molecule has 37 heavy (non-hydrogen) atoms. The number of piperidine rings is 1. The summed E-state index contributed by atoms with van der Waals surface area (Å²) in [6, 6.07) is 16.7. The first kappa shape index (κ1) is 27.2. The van der Waals surface area contributed by atoms with Crippen molar-refractivity contribution in [2.75, 3.05) is 37.7 Å². The maximum atomic E-state index is 12.9. The van der Waals surface area contributed by atoms with Crippen molar-refractivity contribution in [1.82, 2.24) is 9.80 Å². The fourth-order valence-corrected chi connectivity index (χ4v) is 5.69. The summed E-state index contributed by atoms with van der Waals surface area (Å²) in [5.74, 6) is 0.960. The number of nitrogens with zero attached hydrogens (tertiary/aromatic N) is 3. The van der Waals surface area contributed by atoms with Crippen molar-refractivity contribution in [1.29, 1.82) is 0 Å². The van der Waals surface area contributed by atoms with Crippen LogP contribution in [0.25, 0.3) is 0 Å². The topological polar surface area (TPSA) is 53.1 Å². The third-order valence-corrected chi connectivity index (χ3v) is 7.89. The number of ether oxygens (including phenoxy) is 1. The smallest absolute Gasteiger partial charge is 0.260 e. The minimum atomic E-state index is 0.0640. The molecule has 0 atom stereocenters. The first-order chi connectivity index (χ1) is 18.0. The lowest BCUT2D eigenvalue weighted by Crippen LogP contribution is -2.48. The molecule has 0 aromatic heterocycles. The Balaban J connectivity index is 1.40. The van der Waals surface area contributed by atoms with Crippen LogP contribution in [-0.2, 0) is 16.1 Å². The van der Waals surface area contributed by atoms with E-state index >= 15 is 0 Å². The third kappa shape index (κ3) is 7.57. The number of aryl methyl sites for hydroxylation is 1. The summed E-state index contributed by atoms with van der Waals surface area (Å²) < 4.78 is 5.82. The number of hydrogen-bond acceptors (Lipinski definition) is 4. The Labute approximate surface area is 222 Å². The van der Waals surface area contributed by atoms with Gasteiger partial charge in [0.2, 0.25) is 5.91 Å². The highest BCUT2D eigenvalue weighted by Gasteiger charge is 2.28. The van der Waals surface area contributed by atoms with Crippen LogP contribution in [0.3, 0.4) is 0 Å². The maximum Gasteiger partial charge on any atom is 0.260 e. The van der Waals surface area contributed by atoms with Crippen LogP contribution in [0.5, 0.6) is 5.75 Å². The van der Waals surface area contributed by atoms with Gasteiger partial charge in [-0.3, -0.25) is 14.5 Å². The monoisotopic (exact) mass is 505 g/mol. The summed E-state index contributed by atoms with van der Waals surface area (Å²) in [5, 5.41) is 0. The molecular formula is C31H43N3O3. The lowest BCUT2D eigenvalue weighted by molar-refractivity contribution is -0.135. The summed E-state index contributed by atoms with van der Waals surface area (Å²) in [5.41, 5.74) is 3.32. The molecule has 200 valence electrons. The summed E-state index contributed by atoms with van der Waals surface area (Å²) in [6.45, 7) is 7.99. The molecule has 0 radical (unpaired) electrons. The molecule has 2 heterocycles. The second-order valence-electron chi connectivity index (χ2n) is 10.6. The molecule has 6 heteroatoms. The number of anilines is 1. The van der Waals surface area contributed by atoms with E-state index in [1.165, 1.54) is 37.7 Å². The van der Waals surface area contributed by atoms with Gasteiger partial charge in [-0.1, -0.05) is 62.1 Å². The van der Waals surface area contributed by atoms with Crippen LogP contribution >= 0.6 is 0 Å². The van der Waals surface area contributed by atoms with E-state index in [0.717, 1.165) is 69.0 Å². The van der Waals surface area contributed by atoms with Crippen molar-refractivity contribution in [2.45, 2.75) is 77.8 Å². The predicted molar refractivity (Wildman–Crippen MR) is 149 cm³/mol. The number of carbonyl (C=O) groups is 2. The molecule has 0 saturated carbocycles. The van der Waals surface area contributed by atoms with Gasteiger partial charge < -0.3 is 14.5 Å². The maximum absolute atomic E-state index is 12.9. The lowest BCUT2D eigenvalue weighted by Gasteiger charge is -2.39. The number of amides is 2. The zero-order chi connectivity index (χ0) is 26.0. The predicted octanol–water partition coefficient (Wildman–Crippen LogP) is 5.57. The minimum Gasteiger partial charge on any atom is -0.484 e. The average molecular weight is 506 g/mol. The molecule has 0 aliphatic carbocycles. The second kappa shape index (κ2) is 13.6. The van der Waals surface area contributed by atoms with Gasteiger partial charge in [0.05, 0.1) is 0 Å². The van der Waals surface area contributed by atoms with Gasteiger partial charge in [0.1, 0.15) is 5.75 Å². The molecule has 0 N–H and O–H groups in total. The van der Waals surface area contributed by atoms with Crippen molar-refractivity contribution in [2.24, 2.45) is 0 Å². The molecule has 0 spiro atoms. The Hall–Kier alpha value is -2.86. The van der Waals surface area contributed by atoms with E-state index in [2.05, 4.69) is 23.1 Å². The Kier molecular flexibility index (Phi) is 10.0. The molecule has 0 bridgehead atoms. The van der Waals surface area contributed by atoms with Crippen molar-refractivity contribution in [3.8, 4) is 5.75 Å². The molecule has 2 amide bonds. The van der Waals surface area contributed by atoms with Crippen LogP contribution in [0.1, 0.15) is 69.4 Å². The third-order valence-electron chi connectivity index (χ3n) is 7.89. The Bertz CT molecular complexity index is 1030. The zero-order valence-electron chi connectivity index (χ0n) is 22.7. The molecule has 2 aromatic rings. The van der Waals surface area contributed by atoms with Crippen molar-refractivity contribution < 1.29 is 14.3 Å². The molecule has 4 rings (SSSR count). The number of rotatable bonds is 4. The Morgan fingerprint density at radius 2 is 1.49 bits per heavy atom. The molecule has 1 saturated heterocycles. The second-order valence-corrected chi connectivity index (χ2v) is 10.6. The molecule has 6 nitrogen and oxygen atoms in total. The SMILES string of the molecule is CC(=O)N1CCCCCCCCN(C2CCN(C(=O)COc3ccccc3C)CC2)Cc2ccccc21. The number of para-hydroxylation sites is 2. The van der Waals surface area contributed by atoms with Gasteiger partial charge in [-0.25, -0.2) is 0 Å². The van der Waals surface area contributed by atoms with E-state index < -0.39 is 0 Å². The number of likely N-dealkylation sites (tertiary alicyclic amines) is 1. The van der Waals surface area contributed by atoms with Gasteiger partial charge in [0, 0.05) is 44.8 Å². The van der Waals surface area contributed by atoms with E-state index in [4.69, 9.17) is 4.74 Å². The van der Waals surface area contributed by atoms with Gasteiger partial charge in [-0.2, -0.15) is 0 Å². The van der Waals surface area contributed by atoms with Crippen molar-refractivity contribution >= 4 is 17.5 Å². The van der Waals surface area contributed by atoms with Gasteiger partial charge in [0.25, 0.3) is 5.91 Å². The number of carbonyl (C=O) groups excluding carboxylic acids is 2. The molecule has 2 aliphatic heterocycles. The van der Waals surface area contributed by atoms with Crippen LogP contribution in [0.4, 0.5) is 5.69 Å². The minimum absolute atomic E-state index is 0.0640. The normalized spacial score (nSPS) is 18.8. The molecule has 0 unspecified atom stereocenters. The fourth-order valence-electron chi connectivity index (χ4n) is 5.69. The highest BCUT2D eigenvalue weighted by Crippen LogP contribution is 2.27. The molecule has 2 aliphatic rings. The molecular weight excluding hydrogens is 462 g/mol. The summed E-state index contributed by atoms with van der Waals surface area (Å²) in [6.07, 6.45) is 9.11.